The van der Waals surface area contributed by atoms with E-state index in [4.69, 9.17) is 0 Å². The second-order valence-corrected chi connectivity index (χ2v) is 7.40. The quantitative estimate of drug-likeness (QED) is 0.647. The molecule has 156 valence electrons. The number of benzene rings is 2. The highest BCUT2D eigenvalue weighted by atomic mass is 16.2. The molecule has 0 aliphatic heterocycles. The molecular formula is C24H33N3O2. The normalized spacial score (nSPS) is 10.7. The van der Waals surface area contributed by atoms with Gasteiger partial charge in [0.05, 0.1) is 0 Å². The molecule has 0 unspecified atom stereocenters. The van der Waals surface area contributed by atoms with E-state index >= 15 is 0 Å². The van der Waals surface area contributed by atoms with Crippen molar-refractivity contribution in [1.82, 2.24) is 0 Å². The summed E-state index contributed by atoms with van der Waals surface area (Å²) in [5, 5.41) is 2.99. The van der Waals surface area contributed by atoms with E-state index in [1.165, 1.54) is 6.92 Å². The Morgan fingerprint density at radius 3 is 2.07 bits per heavy atom. The summed E-state index contributed by atoms with van der Waals surface area (Å²) in [6.45, 7) is 12.2. The van der Waals surface area contributed by atoms with E-state index in [-0.39, 0.29) is 18.2 Å². The zero-order valence-electron chi connectivity index (χ0n) is 18.2. The highest BCUT2D eigenvalue weighted by Gasteiger charge is 2.15. The Labute approximate surface area is 174 Å². The molecule has 1 N–H and O–H groups in total. The largest absolute Gasteiger partial charge is 0.372 e. The second-order valence-electron chi connectivity index (χ2n) is 7.40. The number of carbonyl (C=O) groups is 2. The Bertz CT molecular complexity index is 811. The van der Waals surface area contributed by atoms with E-state index in [1.54, 1.807) is 4.90 Å². The van der Waals surface area contributed by atoms with Crippen molar-refractivity contribution in [1.29, 1.82) is 0 Å². The van der Waals surface area contributed by atoms with E-state index in [0.29, 0.717) is 12.5 Å². The number of nitrogens with zero attached hydrogens (tertiary/aromatic N) is 2. The van der Waals surface area contributed by atoms with Gasteiger partial charge in [-0.2, -0.15) is 0 Å². The number of hydrogen-bond acceptors (Lipinski definition) is 3. The smallest absolute Gasteiger partial charge is 0.226 e. The first-order chi connectivity index (χ1) is 13.9. The number of hydrogen-bond donors (Lipinski definition) is 1. The van der Waals surface area contributed by atoms with Crippen molar-refractivity contribution in [3.05, 3.63) is 54.1 Å². The maximum atomic E-state index is 12.5. The SMILES string of the molecule is CCN(CC)c1ccc(N(CCC(=O)Nc2ccccc2C(C)C)C(C)=O)cc1. The molecule has 0 saturated carbocycles. The minimum Gasteiger partial charge on any atom is -0.372 e. The predicted octanol–water partition coefficient (Wildman–Crippen LogP) is 5.04. The molecule has 5 heteroatoms. The van der Waals surface area contributed by atoms with Crippen LogP contribution in [0.15, 0.2) is 48.5 Å². The first-order valence-corrected chi connectivity index (χ1v) is 10.4. The van der Waals surface area contributed by atoms with Crippen molar-refractivity contribution in [2.45, 2.75) is 47.0 Å². The van der Waals surface area contributed by atoms with Crippen LogP contribution in [0.4, 0.5) is 17.1 Å². The first kappa shape index (κ1) is 22.5. The minimum absolute atomic E-state index is 0.0732. The average molecular weight is 396 g/mol. The third-order valence-electron chi connectivity index (χ3n) is 5.09. The van der Waals surface area contributed by atoms with Crippen molar-refractivity contribution >= 4 is 28.9 Å². The van der Waals surface area contributed by atoms with Crippen LogP contribution in [0.5, 0.6) is 0 Å². The summed E-state index contributed by atoms with van der Waals surface area (Å²) in [5.74, 6) is 0.157. The van der Waals surface area contributed by atoms with Crippen LogP contribution < -0.4 is 15.1 Å². The molecule has 0 spiro atoms. The lowest BCUT2D eigenvalue weighted by Crippen LogP contribution is -2.32. The van der Waals surface area contributed by atoms with Gasteiger partial charge in [0.1, 0.15) is 0 Å². The van der Waals surface area contributed by atoms with E-state index in [1.807, 2.05) is 48.5 Å². The number of amides is 2. The Morgan fingerprint density at radius 2 is 1.52 bits per heavy atom. The number of carbonyl (C=O) groups excluding carboxylic acids is 2. The van der Waals surface area contributed by atoms with Gasteiger partial charge in [0.2, 0.25) is 11.8 Å². The average Bonchev–Trinajstić information content (AvgIpc) is 2.70. The molecule has 29 heavy (non-hydrogen) atoms. The molecule has 2 amide bonds. The molecule has 2 aromatic carbocycles. The lowest BCUT2D eigenvalue weighted by Gasteiger charge is -2.24. The zero-order valence-corrected chi connectivity index (χ0v) is 18.2. The van der Waals surface area contributed by atoms with Gasteiger partial charge >= 0.3 is 0 Å². The Morgan fingerprint density at radius 1 is 0.931 bits per heavy atom. The molecule has 2 rings (SSSR count). The van der Waals surface area contributed by atoms with Crippen LogP contribution in [0.3, 0.4) is 0 Å². The van der Waals surface area contributed by atoms with Gasteiger partial charge < -0.3 is 15.1 Å². The summed E-state index contributed by atoms with van der Waals surface area (Å²) in [4.78, 5) is 28.6. The van der Waals surface area contributed by atoms with Crippen molar-refractivity contribution in [3.63, 3.8) is 0 Å². The van der Waals surface area contributed by atoms with Crippen LogP contribution in [0.1, 0.15) is 52.5 Å². The molecule has 0 aliphatic carbocycles. The van der Waals surface area contributed by atoms with E-state index in [2.05, 4.69) is 37.9 Å². The fourth-order valence-corrected chi connectivity index (χ4v) is 3.44. The number of nitrogens with one attached hydrogen (secondary N) is 1. The molecule has 0 aromatic heterocycles. The second kappa shape index (κ2) is 10.6. The predicted molar refractivity (Wildman–Crippen MR) is 122 cm³/mol. The summed E-state index contributed by atoms with van der Waals surface area (Å²) < 4.78 is 0. The van der Waals surface area contributed by atoms with Crippen LogP contribution in [0.25, 0.3) is 0 Å². The van der Waals surface area contributed by atoms with Crippen LogP contribution >= 0.6 is 0 Å². The molecule has 2 aromatic rings. The first-order valence-electron chi connectivity index (χ1n) is 10.4. The Kier molecular flexibility index (Phi) is 8.25. The van der Waals surface area contributed by atoms with Crippen LogP contribution in [-0.2, 0) is 9.59 Å². The zero-order chi connectivity index (χ0) is 21.4. The highest BCUT2D eigenvalue weighted by Crippen LogP contribution is 2.24. The van der Waals surface area contributed by atoms with E-state index < -0.39 is 0 Å². The van der Waals surface area contributed by atoms with Crippen molar-refractivity contribution < 1.29 is 9.59 Å². The molecule has 0 saturated heterocycles. The number of anilines is 3. The monoisotopic (exact) mass is 395 g/mol. The summed E-state index contributed by atoms with van der Waals surface area (Å²) >= 11 is 0. The lowest BCUT2D eigenvalue weighted by molar-refractivity contribution is -0.117. The maximum Gasteiger partial charge on any atom is 0.226 e. The third kappa shape index (κ3) is 6.08. The molecule has 0 aliphatic rings. The van der Waals surface area contributed by atoms with Gasteiger partial charge in [0, 0.05) is 50.0 Å². The summed E-state index contributed by atoms with van der Waals surface area (Å²) in [5.41, 5.74) is 3.88. The van der Waals surface area contributed by atoms with Crippen LogP contribution in [0.2, 0.25) is 0 Å². The topological polar surface area (TPSA) is 52.6 Å². The molecule has 0 fully saturated rings. The summed E-state index contributed by atoms with van der Waals surface area (Å²) in [6.07, 6.45) is 0.240. The van der Waals surface area contributed by atoms with Gasteiger partial charge in [-0.15, -0.1) is 0 Å². The summed E-state index contributed by atoms with van der Waals surface area (Å²) in [7, 11) is 0. The number of rotatable bonds is 9. The van der Waals surface area contributed by atoms with Gasteiger partial charge in [0.25, 0.3) is 0 Å². The Hall–Kier alpha value is -2.82. The van der Waals surface area contributed by atoms with Crippen molar-refractivity contribution in [3.8, 4) is 0 Å². The lowest BCUT2D eigenvalue weighted by atomic mass is 10.0. The van der Waals surface area contributed by atoms with Gasteiger partial charge in [-0.3, -0.25) is 9.59 Å². The number of para-hydroxylation sites is 1. The molecule has 0 atom stereocenters. The van der Waals surface area contributed by atoms with E-state index in [0.717, 1.165) is 35.7 Å². The Balaban J connectivity index is 2.04. The van der Waals surface area contributed by atoms with Gasteiger partial charge in [0.15, 0.2) is 0 Å². The van der Waals surface area contributed by atoms with E-state index in [9.17, 15) is 9.59 Å². The molecule has 5 nitrogen and oxygen atoms in total. The fourth-order valence-electron chi connectivity index (χ4n) is 3.44. The van der Waals surface area contributed by atoms with Gasteiger partial charge in [-0.05, 0) is 55.7 Å². The third-order valence-corrected chi connectivity index (χ3v) is 5.09. The maximum absolute atomic E-state index is 12.5. The highest BCUT2D eigenvalue weighted by molar-refractivity contribution is 5.95. The van der Waals surface area contributed by atoms with Gasteiger partial charge in [-0.1, -0.05) is 32.0 Å². The van der Waals surface area contributed by atoms with Crippen LogP contribution in [0, 0.1) is 0 Å². The molecule has 0 bridgehead atoms. The molecular weight excluding hydrogens is 362 g/mol. The molecule has 0 heterocycles. The van der Waals surface area contributed by atoms with Crippen LogP contribution in [-0.4, -0.2) is 31.4 Å². The minimum atomic E-state index is -0.0934. The summed E-state index contributed by atoms with van der Waals surface area (Å²) in [6, 6.07) is 15.8. The van der Waals surface area contributed by atoms with Gasteiger partial charge in [-0.25, -0.2) is 0 Å². The van der Waals surface area contributed by atoms with Crippen molar-refractivity contribution in [2.24, 2.45) is 0 Å². The fraction of sp³-hybridized carbons (Fsp3) is 0.417. The molecule has 0 radical (unpaired) electrons. The van der Waals surface area contributed by atoms with Crippen molar-refractivity contribution in [2.75, 3.05) is 34.8 Å². The standard InChI is InChI=1S/C24H33N3O2/c1-6-26(7-2)20-12-14-21(15-13-20)27(19(5)28)17-16-24(29)25-23-11-9-8-10-22(23)18(3)4/h8-15,18H,6-7,16-17H2,1-5H3,(H,25,29).